The number of ether oxygens (including phenoxy) is 1. The minimum atomic E-state index is -0.964. The summed E-state index contributed by atoms with van der Waals surface area (Å²) in [5.74, 6) is -1.22. The first-order valence-electron chi connectivity index (χ1n) is 5.64. The van der Waals surface area contributed by atoms with Crippen molar-refractivity contribution in [3.63, 3.8) is 0 Å². The Bertz CT molecular complexity index is 484. The second-order valence-corrected chi connectivity index (χ2v) is 4.92. The van der Waals surface area contributed by atoms with Crippen LogP contribution in [0.1, 0.15) is 24.3 Å². The molecule has 1 saturated heterocycles. The molecule has 0 aliphatic carbocycles. The van der Waals surface area contributed by atoms with E-state index >= 15 is 0 Å². The van der Waals surface area contributed by atoms with Crippen LogP contribution in [0.15, 0.2) is 18.2 Å². The third-order valence-electron chi connectivity index (χ3n) is 2.95. The number of halogens is 2. The van der Waals surface area contributed by atoms with E-state index < -0.39 is 12.0 Å². The van der Waals surface area contributed by atoms with E-state index in [2.05, 4.69) is 0 Å². The van der Waals surface area contributed by atoms with E-state index in [0.717, 1.165) is 6.42 Å². The molecule has 0 spiro atoms. The largest absolute Gasteiger partial charge is 0.370 e. The van der Waals surface area contributed by atoms with Gasteiger partial charge in [-0.15, -0.1) is 0 Å². The van der Waals surface area contributed by atoms with Crippen LogP contribution in [-0.4, -0.2) is 18.5 Å². The van der Waals surface area contributed by atoms with Gasteiger partial charge in [0, 0.05) is 22.2 Å². The molecule has 94 valence electrons. The minimum Gasteiger partial charge on any atom is -0.370 e. The molecule has 0 saturated carbocycles. The first kappa shape index (κ1) is 13.4. The predicted octanol–water partition coefficient (Wildman–Crippen LogP) is 3.35. The summed E-state index contributed by atoms with van der Waals surface area (Å²) in [5.41, 5.74) is 0.379. The Labute approximate surface area is 115 Å². The Balaban J connectivity index is 2.34. The number of hydrogen-bond acceptors (Lipinski definition) is 3. The van der Waals surface area contributed by atoms with Gasteiger partial charge in [0.15, 0.2) is 5.78 Å². The molecule has 3 nitrogen and oxygen atoms in total. The summed E-state index contributed by atoms with van der Waals surface area (Å²) < 4.78 is 5.31. The first-order chi connectivity index (χ1) is 8.65. The van der Waals surface area contributed by atoms with Gasteiger partial charge in [-0.05, 0) is 25.0 Å². The Hall–Kier alpha value is -1.08. The van der Waals surface area contributed by atoms with E-state index in [9.17, 15) is 10.1 Å². The van der Waals surface area contributed by atoms with Crippen LogP contribution in [0.25, 0.3) is 0 Å². The number of carbonyl (C=O) groups is 1. The lowest BCUT2D eigenvalue weighted by atomic mass is 9.92. The van der Waals surface area contributed by atoms with Crippen LogP contribution in [0, 0.1) is 11.3 Å². The van der Waals surface area contributed by atoms with Crippen LogP contribution >= 0.6 is 23.2 Å². The highest BCUT2D eigenvalue weighted by molar-refractivity contribution is 6.36. The van der Waals surface area contributed by atoms with Gasteiger partial charge in [0.1, 0.15) is 12.0 Å². The number of hydrogen-bond donors (Lipinski definition) is 0. The van der Waals surface area contributed by atoms with E-state index in [4.69, 9.17) is 27.9 Å². The van der Waals surface area contributed by atoms with Crippen molar-refractivity contribution in [3.05, 3.63) is 33.8 Å². The Morgan fingerprint density at radius 3 is 2.61 bits per heavy atom. The summed E-state index contributed by atoms with van der Waals surface area (Å²) in [6.07, 6.45) is 0.978. The zero-order chi connectivity index (χ0) is 13.1. The molecule has 2 atom stereocenters. The van der Waals surface area contributed by atoms with Gasteiger partial charge < -0.3 is 4.74 Å². The molecule has 1 aromatic carbocycles. The quantitative estimate of drug-likeness (QED) is 0.855. The van der Waals surface area contributed by atoms with Gasteiger partial charge in [-0.2, -0.15) is 5.26 Å². The molecule has 0 N–H and O–H groups in total. The number of rotatable bonds is 3. The molecular formula is C13H11Cl2NO2. The lowest BCUT2D eigenvalue weighted by Gasteiger charge is -2.15. The molecule has 0 amide bonds. The van der Waals surface area contributed by atoms with Crippen molar-refractivity contribution in [2.75, 3.05) is 6.61 Å². The molecule has 5 heteroatoms. The van der Waals surface area contributed by atoms with Crippen LogP contribution < -0.4 is 0 Å². The van der Waals surface area contributed by atoms with E-state index in [-0.39, 0.29) is 5.78 Å². The Morgan fingerprint density at radius 2 is 2.11 bits per heavy atom. The van der Waals surface area contributed by atoms with Gasteiger partial charge in [-0.25, -0.2) is 0 Å². The number of carbonyl (C=O) groups excluding carboxylic acids is 1. The van der Waals surface area contributed by atoms with Gasteiger partial charge in [-0.3, -0.25) is 4.79 Å². The molecule has 18 heavy (non-hydrogen) atoms. The number of Topliss-reactive ketones (excluding diaryl/α,β-unsaturated/α-hetero) is 1. The highest BCUT2D eigenvalue weighted by Gasteiger charge is 2.33. The van der Waals surface area contributed by atoms with E-state index in [1.807, 2.05) is 6.07 Å². The maximum Gasteiger partial charge on any atom is 0.183 e. The van der Waals surface area contributed by atoms with Gasteiger partial charge >= 0.3 is 0 Å². The molecule has 1 aliphatic heterocycles. The monoisotopic (exact) mass is 283 g/mol. The van der Waals surface area contributed by atoms with Gasteiger partial charge in [-0.1, -0.05) is 29.3 Å². The average molecular weight is 284 g/mol. The third-order valence-corrected chi connectivity index (χ3v) is 3.61. The second-order valence-electron chi connectivity index (χ2n) is 4.10. The molecular weight excluding hydrogens is 273 g/mol. The molecule has 1 fully saturated rings. The third kappa shape index (κ3) is 2.51. The van der Waals surface area contributed by atoms with Crippen molar-refractivity contribution in [2.45, 2.75) is 24.9 Å². The summed E-state index contributed by atoms with van der Waals surface area (Å²) in [7, 11) is 0. The first-order valence-corrected chi connectivity index (χ1v) is 6.39. The smallest absolute Gasteiger partial charge is 0.183 e. The van der Waals surface area contributed by atoms with Crippen LogP contribution in [0.5, 0.6) is 0 Å². The van der Waals surface area contributed by atoms with Crippen LogP contribution in [0.3, 0.4) is 0 Å². The van der Waals surface area contributed by atoms with Crippen LogP contribution in [-0.2, 0) is 9.53 Å². The standard InChI is InChI=1S/C13H11Cl2NO2/c14-9-3-1-4-10(15)12(9)8(7-16)13(17)11-5-2-6-18-11/h1,3-4,8,11H,2,5-6H2. The minimum absolute atomic E-state index is 0.259. The maximum absolute atomic E-state index is 12.2. The summed E-state index contributed by atoms with van der Waals surface area (Å²) in [6.45, 7) is 0.560. The number of nitrogens with zero attached hydrogens (tertiary/aromatic N) is 1. The Kier molecular flexibility index (Phi) is 4.23. The predicted molar refractivity (Wildman–Crippen MR) is 68.8 cm³/mol. The molecule has 0 aromatic heterocycles. The fourth-order valence-corrected chi connectivity index (χ4v) is 2.66. The molecule has 0 bridgehead atoms. The van der Waals surface area contributed by atoms with Crippen molar-refractivity contribution in [1.82, 2.24) is 0 Å². The topological polar surface area (TPSA) is 50.1 Å². The van der Waals surface area contributed by atoms with Crippen LogP contribution in [0.2, 0.25) is 10.0 Å². The molecule has 1 heterocycles. The maximum atomic E-state index is 12.2. The molecule has 1 aromatic rings. The lowest BCUT2D eigenvalue weighted by Crippen LogP contribution is -2.25. The van der Waals surface area contributed by atoms with E-state index in [0.29, 0.717) is 28.6 Å². The lowest BCUT2D eigenvalue weighted by molar-refractivity contribution is -0.128. The fraction of sp³-hybridized carbons (Fsp3) is 0.385. The van der Waals surface area contributed by atoms with Crippen molar-refractivity contribution >= 4 is 29.0 Å². The number of ketones is 1. The van der Waals surface area contributed by atoms with Crippen molar-refractivity contribution in [3.8, 4) is 6.07 Å². The van der Waals surface area contributed by atoms with E-state index in [1.165, 1.54) is 0 Å². The number of nitriles is 1. The summed E-state index contributed by atoms with van der Waals surface area (Å²) in [5, 5.41) is 9.88. The molecule has 1 aliphatic rings. The van der Waals surface area contributed by atoms with Gasteiger partial charge in [0.05, 0.1) is 6.07 Å². The summed E-state index contributed by atoms with van der Waals surface area (Å²) in [6, 6.07) is 6.90. The highest BCUT2D eigenvalue weighted by atomic mass is 35.5. The van der Waals surface area contributed by atoms with E-state index in [1.54, 1.807) is 18.2 Å². The zero-order valence-corrected chi connectivity index (χ0v) is 11.0. The fourth-order valence-electron chi connectivity index (χ4n) is 2.04. The number of benzene rings is 1. The SMILES string of the molecule is N#CC(C(=O)C1CCCO1)c1c(Cl)cccc1Cl. The summed E-state index contributed by atoms with van der Waals surface area (Å²) >= 11 is 12.1. The highest BCUT2D eigenvalue weighted by Crippen LogP contribution is 2.33. The van der Waals surface area contributed by atoms with Crippen molar-refractivity contribution in [1.29, 1.82) is 5.26 Å². The average Bonchev–Trinajstić information content (AvgIpc) is 2.87. The molecule has 0 radical (unpaired) electrons. The second kappa shape index (κ2) is 5.71. The summed E-state index contributed by atoms with van der Waals surface area (Å²) in [4.78, 5) is 12.2. The van der Waals surface area contributed by atoms with Crippen molar-refractivity contribution in [2.24, 2.45) is 0 Å². The van der Waals surface area contributed by atoms with Gasteiger partial charge in [0.25, 0.3) is 0 Å². The Morgan fingerprint density at radius 1 is 1.44 bits per heavy atom. The van der Waals surface area contributed by atoms with Crippen LogP contribution in [0.4, 0.5) is 0 Å². The molecule has 2 unspecified atom stereocenters. The normalized spacial score (nSPS) is 20.4. The van der Waals surface area contributed by atoms with Crippen molar-refractivity contribution < 1.29 is 9.53 Å². The van der Waals surface area contributed by atoms with Gasteiger partial charge in [0.2, 0.25) is 0 Å². The molecule has 2 rings (SSSR count). The zero-order valence-electron chi connectivity index (χ0n) is 9.53.